The number of carbonyl (C=O) groups is 1. The van der Waals surface area contributed by atoms with Gasteiger partial charge in [0.05, 0.1) is 12.2 Å². The van der Waals surface area contributed by atoms with Crippen LogP contribution in [0.3, 0.4) is 0 Å². The second-order valence-electron chi connectivity index (χ2n) is 7.76. The molecular weight excluding hydrogens is 348 g/mol. The molecule has 0 amide bonds. The van der Waals surface area contributed by atoms with Crippen LogP contribution in [0, 0.1) is 11.8 Å². The molecule has 8 atom stereocenters. The minimum Gasteiger partial charge on any atom is -0.459 e. The van der Waals surface area contributed by atoms with E-state index in [1.165, 1.54) is 12.2 Å². The Kier molecular flexibility index (Phi) is 8.23. The van der Waals surface area contributed by atoms with Gasteiger partial charge in [0.25, 0.3) is 0 Å². The Balaban J connectivity index is 2.10. The summed E-state index contributed by atoms with van der Waals surface area (Å²) in [5.41, 5.74) is 0. The van der Waals surface area contributed by atoms with Gasteiger partial charge in [-0.1, -0.05) is 44.2 Å². The molecule has 1 unspecified atom stereocenters. The van der Waals surface area contributed by atoms with Crippen LogP contribution in [0.25, 0.3) is 0 Å². The second-order valence-corrected chi connectivity index (χ2v) is 7.76. The fourth-order valence-electron chi connectivity index (χ4n) is 3.14. The largest absolute Gasteiger partial charge is 0.459 e. The summed E-state index contributed by atoms with van der Waals surface area (Å²) < 4.78 is 11.1. The van der Waals surface area contributed by atoms with Crippen LogP contribution in [-0.4, -0.2) is 57.9 Å². The highest BCUT2D eigenvalue weighted by Crippen LogP contribution is 2.31. The van der Waals surface area contributed by atoms with E-state index in [2.05, 4.69) is 6.58 Å². The number of aliphatic hydroxyl groups excluding tert-OH is 3. The molecule has 0 spiro atoms. The molecular formula is C21H32O6. The third-order valence-corrected chi connectivity index (χ3v) is 5.05. The van der Waals surface area contributed by atoms with Crippen molar-refractivity contribution in [2.24, 2.45) is 11.8 Å². The summed E-state index contributed by atoms with van der Waals surface area (Å²) in [6.45, 7) is 7.59. The van der Waals surface area contributed by atoms with Crippen LogP contribution < -0.4 is 0 Å². The van der Waals surface area contributed by atoms with Gasteiger partial charge in [-0.3, -0.25) is 4.79 Å². The normalized spacial score (nSPS) is 39.7. The van der Waals surface area contributed by atoms with Gasteiger partial charge in [-0.2, -0.15) is 0 Å². The smallest absolute Gasteiger partial charge is 0.306 e. The van der Waals surface area contributed by atoms with Crippen molar-refractivity contribution in [1.29, 1.82) is 0 Å². The van der Waals surface area contributed by atoms with Crippen LogP contribution in [0.1, 0.15) is 39.5 Å². The summed E-state index contributed by atoms with van der Waals surface area (Å²) in [5, 5.41) is 30.5. The third kappa shape index (κ3) is 7.22. The highest BCUT2D eigenvalue weighted by molar-refractivity contribution is 5.69. The van der Waals surface area contributed by atoms with E-state index in [4.69, 9.17) is 9.47 Å². The monoisotopic (exact) mass is 380 g/mol. The average molecular weight is 380 g/mol. The van der Waals surface area contributed by atoms with Crippen LogP contribution in [0.4, 0.5) is 0 Å². The molecule has 1 saturated heterocycles. The van der Waals surface area contributed by atoms with Crippen molar-refractivity contribution in [2.45, 2.75) is 76.2 Å². The number of allylic oxidation sites excluding steroid dienone is 2. The number of ether oxygens (including phenoxy) is 2. The lowest BCUT2D eigenvalue weighted by Crippen LogP contribution is -2.34. The van der Waals surface area contributed by atoms with E-state index >= 15 is 0 Å². The fraction of sp³-hybridized carbons (Fsp3) is 0.667. The Morgan fingerprint density at radius 1 is 1.30 bits per heavy atom. The first-order chi connectivity index (χ1) is 12.8. The summed E-state index contributed by atoms with van der Waals surface area (Å²) in [7, 11) is 0. The van der Waals surface area contributed by atoms with Gasteiger partial charge in [-0.05, 0) is 24.7 Å². The van der Waals surface area contributed by atoms with Crippen LogP contribution in [0.5, 0.6) is 0 Å². The fourth-order valence-corrected chi connectivity index (χ4v) is 3.14. The zero-order chi connectivity index (χ0) is 20.0. The Morgan fingerprint density at radius 2 is 2.00 bits per heavy atom. The molecule has 2 heterocycles. The van der Waals surface area contributed by atoms with E-state index in [0.29, 0.717) is 19.3 Å². The van der Waals surface area contributed by atoms with Crippen LogP contribution in [0.2, 0.25) is 0 Å². The third-order valence-electron chi connectivity index (χ3n) is 5.05. The van der Waals surface area contributed by atoms with E-state index in [1.54, 1.807) is 18.2 Å². The zero-order valence-electron chi connectivity index (χ0n) is 16.1. The first-order valence-electron chi connectivity index (χ1n) is 9.66. The molecule has 2 rings (SSSR count). The Morgan fingerprint density at radius 3 is 2.70 bits per heavy atom. The first kappa shape index (κ1) is 21.8. The molecule has 3 N–H and O–H groups in total. The predicted octanol–water partition coefficient (Wildman–Crippen LogP) is 1.89. The van der Waals surface area contributed by atoms with Crippen LogP contribution in [0.15, 0.2) is 37.0 Å². The molecule has 27 heavy (non-hydrogen) atoms. The van der Waals surface area contributed by atoms with Crippen molar-refractivity contribution in [3.8, 4) is 0 Å². The van der Waals surface area contributed by atoms with Gasteiger partial charge < -0.3 is 24.8 Å². The summed E-state index contributed by atoms with van der Waals surface area (Å²) in [6.07, 6.45) is 6.05. The van der Waals surface area contributed by atoms with Crippen molar-refractivity contribution in [1.82, 2.24) is 0 Å². The summed E-state index contributed by atoms with van der Waals surface area (Å²) >= 11 is 0. The van der Waals surface area contributed by atoms with Gasteiger partial charge in [0.15, 0.2) is 0 Å². The number of fused-ring (bicyclic) bond motifs is 1. The number of carbonyl (C=O) groups excluding carboxylic acids is 1. The Bertz CT molecular complexity index is 557. The van der Waals surface area contributed by atoms with Crippen molar-refractivity contribution >= 4 is 5.97 Å². The van der Waals surface area contributed by atoms with Crippen LogP contribution in [-0.2, 0) is 14.3 Å². The molecule has 0 radical (unpaired) electrons. The summed E-state index contributed by atoms with van der Waals surface area (Å²) in [6, 6.07) is 0. The maximum Gasteiger partial charge on any atom is 0.306 e. The minimum absolute atomic E-state index is 0.0218. The van der Waals surface area contributed by atoms with Gasteiger partial charge in [0, 0.05) is 12.8 Å². The summed E-state index contributed by atoms with van der Waals surface area (Å²) in [5.74, 6) is -0.227. The average Bonchev–Trinajstić information content (AvgIpc) is 3.35. The number of hydrogen-bond acceptors (Lipinski definition) is 6. The van der Waals surface area contributed by atoms with Crippen molar-refractivity contribution in [2.75, 3.05) is 0 Å². The van der Waals surface area contributed by atoms with E-state index in [1.807, 2.05) is 13.8 Å². The second kappa shape index (κ2) is 10.2. The first-order valence-corrected chi connectivity index (χ1v) is 9.66. The van der Waals surface area contributed by atoms with Crippen molar-refractivity contribution < 1.29 is 29.6 Å². The molecule has 0 bridgehead atoms. The molecule has 2 aliphatic rings. The lowest BCUT2D eigenvalue weighted by atomic mass is 9.97. The van der Waals surface area contributed by atoms with E-state index < -0.39 is 24.4 Å². The topological polar surface area (TPSA) is 99.5 Å². The lowest BCUT2D eigenvalue weighted by molar-refractivity contribution is -0.157. The number of rotatable bonds is 4. The number of epoxide rings is 1. The standard InChI is InChI=1S/C21H32O6/c1-4-13(2)10-17(24)19-12-20-18(26-20)9-8-16(23)15(22)7-5-6-14(3)11-21(25)27-19/h4-5,7-9,13-20,22-24H,1,6,10-12H2,2-3H3/b7-5+,9-8+/t13-,14-,15?,16-,17-,18-,19-,20+/m0/s1. The molecule has 6 nitrogen and oxygen atoms in total. The van der Waals surface area contributed by atoms with Crippen molar-refractivity contribution in [3.05, 3.63) is 37.0 Å². The molecule has 0 aliphatic carbocycles. The predicted molar refractivity (Wildman–Crippen MR) is 102 cm³/mol. The SMILES string of the molecule is C=C[C@H](C)C[C@H](O)[C@@H]1C[C@H]2O[C@H]2/C=C/[C@H](O)C(O)/C=C/C[C@H](C)CC(=O)O1. The number of esters is 1. The number of hydrogen-bond donors (Lipinski definition) is 3. The van der Waals surface area contributed by atoms with E-state index in [-0.39, 0.29) is 36.4 Å². The van der Waals surface area contributed by atoms with Crippen molar-refractivity contribution in [3.63, 3.8) is 0 Å². The molecule has 6 heteroatoms. The molecule has 0 aromatic rings. The molecule has 152 valence electrons. The number of aliphatic hydroxyl groups is 3. The maximum absolute atomic E-state index is 12.3. The highest BCUT2D eigenvalue weighted by Gasteiger charge is 2.41. The molecule has 0 aromatic heterocycles. The van der Waals surface area contributed by atoms with Gasteiger partial charge in [-0.25, -0.2) is 0 Å². The number of cyclic esters (lactones) is 1. The maximum atomic E-state index is 12.3. The lowest BCUT2D eigenvalue weighted by Gasteiger charge is -2.24. The molecule has 0 saturated carbocycles. The Labute approximate surface area is 161 Å². The van der Waals surface area contributed by atoms with Gasteiger partial charge in [0.2, 0.25) is 0 Å². The quantitative estimate of drug-likeness (QED) is 0.391. The Hall–Kier alpha value is -1.47. The van der Waals surface area contributed by atoms with E-state index in [0.717, 1.165) is 0 Å². The minimum atomic E-state index is -1.01. The summed E-state index contributed by atoms with van der Waals surface area (Å²) in [4.78, 5) is 12.3. The van der Waals surface area contributed by atoms with Crippen LogP contribution >= 0.6 is 0 Å². The zero-order valence-corrected chi connectivity index (χ0v) is 16.1. The highest BCUT2D eigenvalue weighted by atomic mass is 16.6. The molecule has 0 aromatic carbocycles. The van der Waals surface area contributed by atoms with Gasteiger partial charge >= 0.3 is 5.97 Å². The van der Waals surface area contributed by atoms with Gasteiger partial charge in [0.1, 0.15) is 24.4 Å². The van der Waals surface area contributed by atoms with E-state index in [9.17, 15) is 20.1 Å². The molecule has 2 aliphatic heterocycles. The molecule has 1 fully saturated rings. The van der Waals surface area contributed by atoms with Gasteiger partial charge in [-0.15, -0.1) is 6.58 Å².